The van der Waals surface area contributed by atoms with Crippen LogP contribution in [-0.2, 0) is 6.54 Å². The van der Waals surface area contributed by atoms with Crippen molar-refractivity contribution in [3.63, 3.8) is 0 Å². The Labute approximate surface area is 203 Å². The molecule has 0 aliphatic carbocycles. The molecule has 34 heavy (non-hydrogen) atoms. The van der Waals surface area contributed by atoms with E-state index in [1.54, 1.807) is 42.5 Å². The van der Waals surface area contributed by atoms with Crippen molar-refractivity contribution in [1.29, 1.82) is 0 Å². The van der Waals surface area contributed by atoms with E-state index in [0.29, 0.717) is 62.5 Å². The van der Waals surface area contributed by atoms with Crippen LogP contribution in [0, 0.1) is 12.7 Å². The second kappa shape index (κ2) is 9.36. The van der Waals surface area contributed by atoms with Crippen molar-refractivity contribution >= 4 is 44.2 Å². The number of hydrogen-bond donors (Lipinski definition) is 0. The topological polar surface area (TPSA) is 77.0 Å². The lowest BCUT2D eigenvalue weighted by Crippen LogP contribution is -2.33. The second-order valence-corrected chi connectivity index (χ2v) is 9.08. The van der Waals surface area contributed by atoms with Gasteiger partial charge in [0.05, 0.1) is 21.6 Å². The number of hydrogen-bond acceptors (Lipinski definition) is 6. The number of carbonyl (C=O) groups is 1. The quantitative estimate of drug-likeness (QED) is 0.277. The highest BCUT2D eigenvalue weighted by molar-refractivity contribution is 7.22. The highest BCUT2D eigenvalue weighted by Crippen LogP contribution is 2.35. The third kappa shape index (κ3) is 4.32. The van der Waals surface area contributed by atoms with Crippen molar-refractivity contribution in [2.24, 2.45) is 0 Å². The molecule has 0 unspecified atom stereocenters. The van der Waals surface area contributed by atoms with Gasteiger partial charge in [0, 0.05) is 31.0 Å². The highest BCUT2D eigenvalue weighted by Gasteiger charge is 2.29. The first-order valence-electron chi connectivity index (χ1n) is 10.6. The average Bonchev–Trinajstić information content (AvgIpc) is 3.56. The van der Waals surface area contributed by atoms with Crippen LogP contribution in [-0.4, -0.2) is 32.1 Å². The molecule has 0 aliphatic rings. The Morgan fingerprint density at radius 1 is 1.26 bits per heavy atom. The predicted octanol–water partition coefficient (Wildman–Crippen LogP) is 5.99. The first-order valence-corrected chi connectivity index (χ1v) is 11.8. The van der Waals surface area contributed by atoms with Gasteiger partial charge in [0.25, 0.3) is 5.91 Å². The van der Waals surface area contributed by atoms with Crippen molar-refractivity contribution in [2.45, 2.75) is 19.9 Å². The summed E-state index contributed by atoms with van der Waals surface area (Å²) in [6.07, 6.45) is 5.96. The number of carbonyl (C=O) groups excluding carboxylic acids is 1. The molecule has 0 fully saturated rings. The normalized spacial score (nSPS) is 11.3. The second-order valence-electron chi connectivity index (χ2n) is 7.66. The number of rotatable bonds is 7. The van der Waals surface area contributed by atoms with Crippen molar-refractivity contribution in [2.75, 3.05) is 11.4 Å². The molecule has 5 aromatic rings. The highest BCUT2D eigenvalue weighted by atomic mass is 35.5. The third-order valence-electron chi connectivity index (χ3n) is 5.38. The van der Waals surface area contributed by atoms with Gasteiger partial charge < -0.3 is 9.09 Å². The molecule has 3 heterocycles. The van der Waals surface area contributed by atoms with E-state index in [9.17, 15) is 9.18 Å². The Morgan fingerprint density at radius 2 is 2.12 bits per heavy atom. The van der Waals surface area contributed by atoms with Crippen LogP contribution in [0.3, 0.4) is 0 Å². The van der Waals surface area contributed by atoms with Gasteiger partial charge in [-0.1, -0.05) is 46.3 Å². The molecular formula is C24H19ClFN5O2S. The summed E-state index contributed by atoms with van der Waals surface area (Å²) in [5, 5.41) is 5.07. The molecule has 1 amide bonds. The van der Waals surface area contributed by atoms with E-state index in [0.717, 1.165) is 0 Å². The molecule has 172 valence electrons. The molecule has 5 rings (SSSR count). The van der Waals surface area contributed by atoms with Crippen LogP contribution >= 0.6 is 22.9 Å². The van der Waals surface area contributed by atoms with Crippen molar-refractivity contribution in [3.8, 4) is 11.3 Å². The maximum Gasteiger partial charge on any atom is 0.265 e. The molecule has 0 spiro atoms. The Hall–Kier alpha value is -3.56. The predicted molar refractivity (Wildman–Crippen MR) is 130 cm³/mol. The van der Waals surface area contributed by atoms with Gasteiger partial charge in [-0.05, 0) is 37.6 Å². The SMILES string of the molecule is Cc1onc(-c2ccccc2Cl)c1C(=O)N(CCCn1ccnc1)c1nc2ccc(F)cc2s1. The number of halogens is 2. The summed E-state index contributed by atoms with van der Waals surface area (Å²) in [5.74, 6) is -0.276. The van der Waals surface area contributed by atoms with Crippen LogP contribution in [0.15, 0.2) is 65.7 Å². The standard InChI is InChI=1S/C24H19ClFN5O2S/c1-15-21(22(29-33-15)17-5-2-3-6-18(17)25)23(32)31(11-4-10-30-12-9-27-14-30)24-28-19-8-7-16(26)13-20(19)34-24/h2-3,5-9,12-14H,4,10-11H2,1H3. The molecule has 0 bridgehead atoms. The van der Waals surface area contributed by atoms with E-state index in [2.05, 4.69) is 15.1 Å². The van der Waals surface area contributed by atoms with Gasteiger partial charge in [0.1, 0.15) is 22.8 Å². The smallest absolute Gasteiger partial charge is 0.265 e. The largest absolute Gasteiger partial charge is 0.360 e. The van der Waals surface area contributed by atoms with Gasteiger partial charge >= 0.3 is 0 Å². The summed E-state index contributed by atoms with van der Waals surface area (Å²) in [5.41, 5.74) is 1.93. The maximum atomic E-state index is 13.9. The summed E-state index contributed by atoms with van der Waals surface area (Å²) in [6, 6.07) is 11.5. The zero-order valence-corrected chi connectivity index (χ0v) is 19.7. The zero-order valence-electron chi connectivity index (χ0n) is 18.1. The number of anilines is 1. The van der Waals surface area contributed by atoms with Crippen LogP contribution in [0.25, 0.3) is 21.5 Å². The molecule has 0 saturated carbocycles. The summed E-state index contributed by atoms with van der Waals surface area (Å²) >= 11 is 7.65. The molecule has 0 radical (unpaired) electrons. The summed E-state index contributed by atoms with van der Waals surface area (Å²) in [6.45, 7) is 2.74. The van der Waals surface area contributed by atoms with Crippen molar-refractivity contribution in [3.05, 3.63) is 83.3 Å². The molecule has 10 heteroatoms. The van der Waals surface area contributed by atoms with Gasteiger partial charge in [-0.25, -0.2) is 14.4 Å². The number of amides is 1. The van der Waals surface area contributed by atoms with Crippen molar-refractivity contribution in [1.82, 2.24) is 19.7 Å². The molecule has 2 aromatic carbocycles. The fraction of sp³-hybridized carbons (Fsp3) is 0.167. The fourth-order valence-corrected chi connectivity index (χ4v) is 4.95. The van der Waals surface area contributed by atoms with Crippen LogP contribution in [0.4, 0.5) is 9.52 Å². The minimum atomic E-state index is -0.350. The number of thiazole rings is 1. The van der Waals surface area contributed by atoms with E-state index in [-0.39, 0.29) is 11.7 Å². The molecule has 0 atom stereocenters. The van der Waals surface area contributed by atoms with Crippen LogP contribution in [0.5, 0.6) is 0 Å². The first kappa shape index (κ1) is 22.2. The molecule has 0 aliphatic heterocycles. The average molecular weight is 496 g/mol. The summed E-state index contributed by atoms with van der Waals surface area (Å²) in [4.78, 5) is 24.2. The van der Waals surface area contributed by atoms with Gasteiger partial charge in [-0.3, -0.25) is 9.69 Å². The Kier molecular flexibility index (Phi) is 6.12. The number of aromatic nitrogens is 4. The molecule has 7 nitrogen and oxygen atoms in total. The third-order valence-corrected chi connectivity index (χ3v) is 6.75. The Bertz CT molecular complexity index is 1460. The number of fused-ring (bicyclic) bond motifs is 1. The van der Waals surface area contributed by atoms with Crippen LogP contribution in [0.2, 0.25) is 5.02 Å². The summed E-state index contributed by atoms with van der Waals surface area (Å²) in [7, 11) is 0. The van der Waals surface area contributed by atoms with Gasteiger partial charge in [0.15, 0.2) is 5.13 Å². The molecule has 3 aromatic heterocycles. The molecule has 0 N–H and O–H groups in total. The van der Waals surface area contributed by atoms with E-state index >= 15 is 0 Å². The molecular weight excluding hydrogens is 477 g/mol. The fourth-order valence-electron chi connectivity index (χ4n) is 3.71. The number of nitrogens with zero attached hydrogens (tertiary/aromatic N) is 5. The van der Waals surface area contributed by atoms with Gasteiger partial charge in [-0.2, -0.15) is 0 Å². The van der Waals surface area contributed by atoms with E-state index in [1.165, 1.54) is 23.5 Å². The first-order chi connectivity index (χ1) is 16.5. The monoisotopic (exact) mass is 495 g/mol. The lowest BCUT2D eigenvalue weighted by molar-refractivity contribution is 0.0985. The number of imidazole rings is 1. The van der Waals surface area contributed by atoms with E-state index in [4.69, 9.17) is 16.1 Å². The van der Waals surface area contributed by atoms with E-state index in [1.807, 2.05) is 22.9 Å². The van der Waals surface area contributed by atoms with Gasteiger partial charge in [0.2, 0.25) is 0 Å². The minimum Gasteiger partial charge on any atom is -0.360 e. The lowest BCUT2D eigenvalue weighted by Gasteiger charge is -2.20. The maximum absolute atomic E-state index is 13.9. The summed E-state index contributed by atoms with van der Waals surface area (Å²) < 4.78 is 21.8. The van der Waals surface area contributed by atoms with Gasteiger partial charge in [-0.15, -0.1) is 0 Å². The van der Waals surface area contributed by atoms with Crippen molar-refractivity contribution < 1.29 is 13.7 Å². The number of benzene rings is 2. The number of aryl methyl sites for hydroxylation is 2. The zero-order chi connectivity index (χ0) is 23.7. The lowest BCUT2D eigenvalue weighted by atomic mass is 10.1. The minimum absolute atomic E-state index is 0.307. The van der Waals surface area contributed by atoms with Crippen LogP contribution in [0.1, 0.15) is 22.5 Å². The Morgan fingerprint density at radius 3 is 2.91 bits per heavy atom. The van der Waals surface area contributed by atoms with E-state index < -0.39 is 0 Å². The Balaban J connectivity index is 1.54. The van der Waals surface area contributed by atoms with Crippen LogP contribution < -0.4 is 4.90 Å². The molecule has 0 saturated heterocycles.